The van der Waals surface area contributed by atoms with E-state index in [4.69, 9.17) is 4.74 Å². The summed E-state index contributed by atoms with van der Waals surface area (Å²) in [5.41, 5.74) is 1.61. The molecule has 7 nitrogen and oxygen atoms in total. The average molecular weight is 469 g/mol. The van der Waals surface area contributed by atoms with Crippen LogP contribution in [0.2, 0.25) is 0 Å². The lowest BCUT2D eigenvalue weighted by Crippen LogP contribution is -2.46. The van der Waals surface area contributed by atoms with E-state index < -0.39 is 27.9 Å². The summed E-state index contributed by atoms with van der Waals surface area (Å²) in [6.07, 6.45) is 6.69. The quantitative estimate of drug-likeness (QED) is 0.433. The Morgan fingerprint density at radius 2 is 1.76 bits per heavy atom. The molecule has 1 aliphatic carbocycles. The molecule has 1 atom stereocenters. The number of carbonyl (C=O) groups is 2. The first-order valence-corrected chi connectivity index (χ1v) is 12.6. The molecule has 1 saturated heterocycles. The first kappa shape index (κ1) is 23.2. The Hall–Kier alpha value is -2.97. The molecule has 0 spiro atoms. The fourth-order valence-electron chi connectivity index (χ4n) is 4.40. The van der Waals surface area contributed by atoms with Gasteiger partial charge in [0, 0.05) is 6.54 Å². The van der Waals surface area contributed by atoms with Crippen molar-refractivity contribution in [3.8, 4) is 5.75 Å². The summed E-state index contributed by atoms with van der Waals surface area (Å²) in [6.45, 7) is 0.156. The molecule has 0 saturated carbocycles. The maximum absolute atomic E-state index is 13.6. The molecule has 0 N–H and O–H groups in total. The van der Waals surface area contributed by atoms with Crippen molar-refractivity contribution in [3.63, 3.8) is 0 Å². The lowest BCUT2D eigenvalue weighted by molar-refractivity contribution is -0.122. The Bertz CT molecular complexity index is 1140. The molecule has 2 amide bonds. The summed E-state index contributed by atoms with van der Waals surface area (Å²) >= 11 is 0. The summed E-state index contributed by atoms with van der Waals surface area (Å²) in [7, 11) is -2.44. The van der Waals surface area contributed by atoms with Crippen molar-refractivity contribution in [3.05, 3.63) is 66.2 Å². The number of benzene rings is 2. The number of allylic oxidation sites excluding steroid dienone is 1. The molecule has 4 rings (SSSR count). The Labute approximate surface area is 194 Å². The number of imide groups is 1. The molecule has 2 aromatic carbocycles. The van der Waals surface area contributed by atoms with Crippen LogP contribution in [0.1, 0.15) is 38.5 Å². The molecule has 0 bridgehead atoms. The maximum atomic E-state index is 13.6. The van der Waals surface area contributed by atoms with Crippen LogP contribution < -0.4 is 9.64 Å². The number of nitrogens with zero attached hydrogens (tertiary/aromatic N) is 2. The summed E-state index contributed by atoms with van der Waals surface area (Å²) in [5, 5.41) is 0. The van der Waals surface area contributed by atoms with Gasteiger partial charge in [0.2, 0.25) is 15.9 Å². The topological polar surface area (TPSA) is 84.0 Å². The maximum Gasteiger partial charge on any atom is 0.252 e. The van der Waals surface area contributed by atoms with Gasteiger partial charge in [-0.2, -0.15) is 4.31 Å². The van der Waals surface area contributed by atoms with Crippen molar-refractivity contribution >= 4 is 27.5 Å². The minimum atomic E-state index is -3.97. The highest BCUT2D eigenvalue weighted by atomic mass is 32.2. The Morgan fingerprint density at radius 1 is 1.03 bits per heavy atom. The third kappa shape index (κ3) is 4.86. The minimum Gasteiger partial charge on any atom is -0.497 e. The molecule has 8 heteroatoms. The number of hydrogen-bond acceptors (Lipinski definition) is 5. The molecule has 1 fully saturated rings. The predicted molar refractivity (Wildman–Crippen MR) is 125 cm³/mol. The minimum absolute atomic E-state index is 0.116. The lowest BCUT2D eigenvalue weighted by Gasteiger charge is -2.27. The second-order valence-corrected chi connectivity index (χ2v) is 10.2. The van der Waals surface area contributed by atoms with E-state index >= 15 is 0 Å². The van der Waals surface area contributed by atoms with Crippen molar-refractivity contribution in [2.75, 3.05) is 18.6 Å². The second-order valence-electron chi connectivity index (χ2n) is 8.27. The van der Waals surface area contributed by atoms with Crippen LogP contribution in [0.5, 0.6) is 5.75 Å². The summed E-state index contributed by atoms with van der Waals surface area (Å²) in [4.78, 5) is 27.5. The predicted octanol–water partition coefficient (Wildman–Crippen LogP) is 3.91. The molecular formula is C25H28N2O5S. The van der Waals surface area contributed by atoms with E-state index in [1.54, 1.807) is 42.5 Å². The van der Waals surface area contributed by atoms with E-state index in [1.165, 1.54) is 29.1 Å². The van der Waals surface area contributed by atoms with E-state index in [9.17, 15) is 18.0 Å². The van der Waals surface area contributed by atoms with Crippen LogP contribution in [-0.4, -0.2) is 44.2 Å². The molecule has 33 heavy (non-hydrogen) atoms. The van der Waals surface area contributed by atoms with Crippen molar-refractivity contribution in [1.29, 1.82) is 0 Å². The van der Waals surface area contributed by atoms with Gasteiger partial charge in [-0.05, 0) is 68.5 Å². The molecule has 1 aliphatic heterocycles. The third-order valence-electron chi connectivity index (χ3n) is 6.19. The van der Waals surface area contributed by atoms with Gasteiger partial charge in [0.1, 0.15) is 11.8 Å². The second kappa shape index (κ2) is 9.89. The summed E-state index contributed by atoms with van der Waals surface area (Å²) < 4.78 is 33.5. The number of amides is 2. The number of methoxy groups -OCH3 is 1. The van der Waals surface area contributed by atoms with Gasteiger partial charge >= 0.3 is 0 Å². The number of anilines is 1. The van der Waals surface area contributed by atoms with Gasteiger partial charge in [0.15, 0.2) is 0 Å². The first-order chi connectivity index (χ1) is 15.9. The standard InChI is InChI=1S/C25H28N2O5S/c1-32-21-14-12-20(13-15-21)27-24(28)18-23(25(27)29)26(17-16-19-8-4-2-5-9-19)33(30,31)22-10-6-3-7-11-22/h3,6-8,10-15,23H,2,4-5,9,16-18H2,1H3. The van der Waals surface area contributed by atoms with Gasteiger partial charge in [0.25, 0.3) is 5.91 Å². The van der Waals surface area contributed by atoms with Crippen LogP contribution in [0.3, 0.4) is 0 Å². The Morgan fingerprint density at radius 3 is 2.39 bits per heavy atom. The molecule has 0 radical (unpaired) electrons. The van der Waals surface area contributed by atoms with Gasteiger partial charge in [0.05, 0.1) is 24.1 Å². The largest absolute Gasteiger partial charge is 0.497 e. The van der Waals surface area contributed by atoms with Crippen LogP contribution in [0, 0.1) is 0 Å². The number of ether oxygens (including phenoxy) is 1. The molecule has 2 aliphatic rings. The fourth-order valence-corrected chi connectivity index (χ4v) is 6.00. The van der Waals surface area contributed by atoms with E-state index in [0.717, 1.165) is 30.6 Å². The van der Waals surface area contributed by atoms with Crippen molar-refractivity contribution < 1.29 is 22.7 Å². The van der Waals surface area contributed by atoms with Gasteiger partial charge in [-0.15, -0.1) is 0 Å². The molecule has 0 aromatic heterocycles. The molecule has 2 aromatic rings. The average Bonchev–Trinajstić information content (AvgIpc) is 3.13. The SMILES string of the molecule is COc1ccc(N2C(=O)CC(N(CCC3=CCCCC3)S(=O)(=O)c3ccccc3)C2=O)cc1. The lowest BCUT2D eigenvalue weighted by atomic mass is 9.97. The molecule has 1 heterocycles. The van der Waals surface area contributed by atoms with Crippen LogP contribution in [-0.2, 0) is 19.6 Å². The summed E-state index contributed by atoms with van der Waals surface area (Å²) in [5.74, 6) is -0.342. The van der Waals surface area contributed by atoms with Crippen molar-refractivity contribution in [1.82, 2.24) is 4.31 Å². The van der Waals surface area contributed by atoms with Gasteiger partial charge in [-0.1, -0.05) is 29.8 Å². The zero-order valence-electron chi connectivity index (χ0n) is 18.6. The van der Waals surface area contributed by atoms with Gasteiger partial charge in [-0.25, -0.2) is 13.3 Å². The highest BCUT2D eigenvalue weighted by molar-refractivity contribution is 7.89. The van der Waals surface area contributed by atoms with E-state index in [1.807, 2.05) is 0 Å². The zero-order valence-corrected chi connectivity index (χ0v) is 19.5. The Kier molecular flexibility index (Phi) is 6.95. The number of sulfonamides is 1. The third-order valence-corrected chi connectivity index (χ3v) is 8.11. The first-order valence-electron chi connectivity index (χ1n) is 11.2. The molecular weight excluding hydrogens is 440 g/mol. The number of carbonyl (C=O) groups excluding carboxylic acids is 2. The molecule has 1 unspecified atom stereocenters. The van der Waals surface area contributed by atoms with Gasteiger partial charge in [-0.3, -0.25) is 9.59 Å². The van der Waals surface area contributed by atoms with Crippen LogP contribution in [0.4, 0.5) is 5.69 Å². The van der Waals surface area contributed by atoms with Crippen molar-refractivity contribution in [2.45, 2.75) is 49.5 Å². The highest BCUT2D eigenvalue weighted by Crippen LogP contribution is 2.31. The van der Waals surface area contributed by atoms with Gasteiger partial charge < -0.3 is 4.74 Å². The smallest absolute Gasteiger partial charge is 0.252 e. The zero-order chi connectivity index (χ0) is 23.4. The monoisotopic (exact) mass is 468 g/mol. The molecule has 174 valence electrons. The Balaban J connectivity index is 1.65. The van der Waals surface area contributed by atoms with Crippen LogP contribution in [0.25, 0.3) is 0 Å². The van der Waals surface area contributed by atoms with Crippen LogP contribution in [0.15, 0.2) is 71.1 Å². The fraction of sp³-hybridized carbons (Fsp3) is 0.360. The number of rotatable bonds is 8. The number of hydrogen-bond donors (Lipinski definition) is 0. The van der Waals surface area contributed by atoms with E-state index in [0.29, 0.717) is 17.9 Å². The van der Waals surface area contributed by atoms with E-state index in [2.05, 4.69) is 6.08 Å². The summed E-state index contributed by atoms with van der Waals surface area (Å²) in [6, 6.07) is 13.6. The van der Waals surface area contributed by atoms with Crippen LogP contribution >= 0.6 is 0 Å². The highest BCUT2D eigenvalue weighted by Gasteiger charge is 2.46. The van der Waals surface area contributed by atoms with Crippen molar-refractivity contribution in [2.24, 2.45) is 0 Å². The van der Waals surface area contributed by atoms with E-state index in [-0.39, 0.29) is 17.9 Å². The normalized spacial score (nSPS) is 19.2.